The molecule has 3 fully saturated rings. The fraction of sp³-hybridized carbons (Fsp3) is 0.842. The Morgan fingerprint density at radius 2 is 1.90 bits per heavy atom. The molecule has 0 aromatic heterocycles. The van der Waals surface area contributed by atoms with Gasteiger partial charge in [0.2, 0.25) is 0 Å². The van der Waals surface area contributed by atoms with Crippen LogP contribution in [0.15, 0.2) is 11.6 Å². The number of fused-ring (bicyclic) bond motifs is 5. The Bertz CT molecular complexity index is 524. The van der Waals surface area contributed by atoms with Gasteiger partial charge in [-0.25, -0.2) is 0 Å². The zero-order valence-electron chi connectivity index (χ0n) is 13.6. The van der Waals surface area contributed by atoms with Gasteiger partial charge in [0.1, 0.15) is 5.78 Å². The van der Waals surface area contributed by atoms with E-state index in [1.807, 2.05) is 0 Å². The van der Waals surface area contributed by atoms with Crippen molar-refractivity contribution in [1.29, 1.82) is 0 Å². The van der Waals surface area contributed by atoms with Crippen LogP contribution in [0.4, 0.5) is 0 Å². The summed E-state index contributed by atoms with van der Waals surface area (Å²) >= 11 is 0. The van der Waals surface area contributed by atoms with Gasteiger partial charge >= 0.3 is 0 Å². The van der Waals surface area contributed by atoms with Crippen molar-refractivity contribution in [1.82, 2.24) is 0 Å². The molecule has 116 valence electrons. The zero-order valence-corrected chi connectivity index (χ0v) is 13.6. The van der Waals surface area contributed by atoms with Gasteiger partial charge in [-0.3, -0.25) is 4.79 Å². The predicted molar refractivity (Wildman–Crippen MR) is 84.8 cm³/mol. The van der Waals surface area contributed by atoms with E-state index in [0.29, 0.717) is 29.5 Å². The lowest BCUT2D eigenvalue weighted by atomic mass is 9.46. The van der Waals surface area contributed by atoms with Gasteiger partial charge in [0.25, 0.3) is 0 Å². The molecule has 0 spiro atoms. The van der Waals surface area contributed by atoms with Crippen LogP contribution in [-0.2, 0) is 4.79 Å². The first-order chi connectivity index (χ1) is 9.92. The Kier molecular flexibility index (Phi) is 2.81. The van der Waals surface area contributed by atoms with Crippen LogP contribution in [-0.4, -0.2) is 11.3 Å². The fourth-order valence-electron chi connectivity index (χ4n) is 6.52. The van der Waals surface area contributed by atoms with E-state index in [2.05, 4.69) is 19.9 Å². The number of carbonyl (C=O) groups is 1. The van der Waals surface area contributed by atoms with Crippen LogP contribution in [0.2, 0.25) is 0 Å². The molecule has 0 bridgehead atoms. The maximum Gasteiger partial charge on any atom is 0.140 e. The minimum absolute atomic E-state index is 0.241. The quantitative estimate of drug-likeness (QED) is 0.685. The Morgan fingerprint density at radius 3 is 2.71 bits per heavy atom. The SMILES string of the molecule is C[C@]12CCCCC1=CC[C@@H]1[C@@H]2CC[C@]2(C)C(=O)CC[C@@]12N. The summed E-state index contributed by atoms with van der Waals surface area (Å²) in [4.78, 5) is 12.5. The van der Waals surface area contributed by atoms with Crippen LogP contribution >= 0.6 is 0 Å². The van der Waals surface area contributed by atoms with Crippen molar-refractivity contribution < 1.29 is 4.79 Å². The van der Waals surface area contributed by atoms with E-state index in [1.165, 1.54) is 32.1 Å². The van der Waals surface area contributed by atoms with E-state index < -0.39 is 0 Å². The smallest absolute Gasteiger partial charge is 0.140 e. The average molecular weight is 287 g/mol. The van der Waals surface area contributed by atoms with Crippen molar-refractivity contribution in [2.75, 3.05) is 0 Å². The van der Waals surface area contributed by atoms with Crippen LogP contribution < -0.4 is 5.73 Å². The molecule has 5 atom stereocenters. The molecule has 2 heteroatoms. The highest BCUT2D eigenvalue weighted by molar-refractivity contribution is 5.89. The summed E-state index contributed by atoms with van der Waals surface area (Å²) in [6, 6.07) is 0. The molecule has 4 aliphatic rings. The van der Waals surface area contributed by atoms with E-state index in [9.17, 15) is 4.79 Å². The topological polar surface area (TPSA) is 43.1 Å². The van der Waals surface area contributed by atoms with Crippen molar-refractivity contribution in [3.63, 3.8) is 0 Å². The number of hydrogen-bond acceptors (Lipinski definition) is 2. The minimum Gasteiger partial charge on any atom is -0.324 e. The molecular formula is C19H29NO. The monoisotopic (exact) mass is 287 g/mol. The fourth-order valence-corrected chi connectivity index (χ4v) is 6.52. The van der Waals surface area contributed by atoms with Gasteiger partial charge in [0.05, 0.1) is 0 Å². The largest absolute Gasteiger partial charge is 0.324 e. The van der Waals surface area contributed by atoms with Gasteiger partial charge in [0.15, 0.2) is 0 Å². The summed E-state index contributed by atoms with van der Waals surface area (Å²) in [5.41, 5.74) is 8.58. The number of rotatable bonds is 0. The predicted octanol–water partition coefficient (Wildman–Crippen LogP) is 3.99. The number of allylic oxidation sites excluding steroid dienone is 2. The second kappa shape index (κ2) is 4.22. The first-order valence-electron chi connectivity index (χ1n) is 8.93. The standard InChI is InChI=1S/C19H29NO/c1-17-10-4-3-5-13(17)6-7-15-14(17)8-11-18(2)16(21)9-12-19(15,18)20/h6,14-15H,3-5,7-12,20H2,1-2H3/t14-,15+,17-,18+,19+/m0/s1. The molecule has 0 aromatic rings. The summed E-state index contributed by atoms with van der Waals surface area (Å²) in [7, 11) is 0. The van der Waals surface area contributed by atoms with Gasteiger partial charge in [-0.15, -0.1) is 0 Å². The number of carbonyl (C=O) groups excluding carboxylic acids is 1. The van der Waals surface area contributed by atoms with Crippen molar-refractivity contribution in [3.05, 3.63) is 11.6 Å². The molecule has 21 heavy (non-hydrogen) atoms. The lowest BCUT2D eigenvalue weighted by Crippen LogP contribution is -2.65. The van der Waals surface area contributed by atoms with Gasteiger partial charge in [-0.05, 0) is 62.2 Å². The Hall–Kier alpha value is -0.630. The minimum atomic E-state index is -0.245. The molecule has 0 unspecified atom stereocenters. The van der Waals surface area contributed by atoms with Gasteiger partial charge in [0, 0.05) is 17.4 Å². The number of ketones is 1. The van der Waals surface area contributed by atoms with Crippen LogP contribution in [0.3, 0.4) is 0 Å². The zero-order chi connectivity index (χ0) is 14.9. The first kappa shape index (κ1) is 14.0. The lowest BCUT2D eigenvalue weighted by molar-refractivity contribution is -0.133. The van der Waals surface area contributed by atoms with E-state index in [1.54, 1.807) is 5.57 Å². The molecule has 0 amide bonds. The van der Waals surface area contributed by atoms with Crippen molar-refractivity contribution in [2.45, 2.75) is 77.2 Å². The highest BCUT2D eigenvalue weighted by Crippen LogP contribution is 2.64. The summed E-state index contributed by atoms with van der Waals surface area (Å²) in [6.07, 6.45) is 12.9. The second-order valence-corrected chi connectivity index (χ2v) is 8.64. The average Bonchev–Trinajstić information content (AvgIpc) is 2.71. The van der Waals surface area contributed by atoms with E-state index in [-0.39, 0.29) is 11.0 Å². The third-order valence-corrected chi connectivity index (χ3v) is 8.07. The molecule has 0 aromatic carbocycles. The molecule has 4 aliphatic carbocycles. The lowest BCUT2D eigenvalue weighted by Gasteiger charge is -2.60. The molecule has 3 saturated carbocycles. The molecule has 0 radical (unpaired) electrons. The van der Waals surface area contributed by atoms with E-state index in [0.717, 1.165) is 19.3 Å². The van der Waals surface area contributed by atoms with Crippen molar-refractivity contribution >= 4 is 5.78 Å². The van der Waals surface area contributed by atoms with E-state index >= 15 is 0 Å². The molecule has 0 heterocycles. The van der Waals surface area contributed by atoms with Crippen LogP contribution in [0, 0.1) is 22.7 Å². The van der Waals surface area contributed by atoms with Gasteiger partial charge in [-0.2, -0.15) is 0 Å². The number of Topliss-reactive ketones (excluding diaryl/α,β-unsaturated/α-hetero) is 1. The first-order valence-corrected chi connectivity index (χ1v) is 8.93. The van der Waals surface area contributed by atoms with E-state index in [4.69, 9.17) is 5.73 Å². The Labute approximate surface area is 128 Å². The van der Waals surface area contributed by atoms with Crippen LogP contribution in [0.25, 0.3) is 0 Å². The molecule has 0 aliphatic heterocycles. The Morgan fingerprint density at radius 1 is 1.10 bits per heavy atom. The molecule has 0 saturated heterocycles. The second-order valence-electron chi connectivity index (χ2n) is 8.64. The van der Waals surface area contributed by atoms with Crippen molar-refractivity contribution in [3.8, 4) is 0 Å². The molecular weight excluding hydrogens is 258 g/mol. The third-order valence-electron chi connectivity index (χ3n) is 8.07. The highest BCUT2D eigenvalue weighted by atomic mass is 16.1. The summed E-state index contributed by atoms with van der Waals surface area (Å²) < 4.78 is 0. The van der Waals surface area contributed by atoms with Crippen LogP contribution in [0.5, 0.6) is 0 Å². The van der Waals surface area contributed by atoms with Crippen molar-refractivity contribution in [2.24, 2.45) is 28.4 Å². The molecule has 2 N–H and O–H groups in total. The normalized spacial score (nSPS) is 52.7. The molecule has 2 nitrogen and oxygen atoms in total. The van der Waals surface area contributed by atoms with Crippen LogP contribution in [0.1, 0.15) is 71.6 Å². The van der Waals surface area contributed by atoms with Gasteiger partial charge in [-0.1, -0.05) is 31.9 Å². The Balaban J connectivity index is 1.77. The summed E-state index contributed by atoms with van der Waals surface area (Å²) in [5, 5.41) is 0. The number of hydrogen-bond donors (Lipinski definition) is 1. The third kappa shape index (κ3) is 1.55. The summed E-state index contributed by atoms with van der Waals surface area (Å²) in [5.74, 6) is 1.67. The maximum atomic E-state index is 12.5. The highest BCUT2D eigenvalue weighted by Gasteiger charge is 2.64. The number of nitrogens with two attached hydrogens (primary N) is 1. The van der Waals surface area contributed by atoms with Gasteiger partial charge < -0.3 is 5.73 Å². The summed E-state index contributed by atoms with van der Waals surface area (Å²) in [6.45, 7) is 4.67. The molecule has 4 rings (SSSR count). The maximum absolute atomic E-state index is 12.5.